The Kier molecular flexibility index (Phi) is 4.36. The minimum atomic E-state index is 0.0616. The zero-order valence-corrected chi connectivity index (χ0v) is 12.9. The molecule has 1 amide bonds. The molecule has 1 saturated heterocycles. The summed E-state index contributed by atoms with van der Waals surface area (Å²) >= 11 is 1.66. The lowest BCUT2D eigenvalue weighted by Crippen LogP contribution is -2.36. The number of hydrogen-bond donors (Lipinski definition) is 1. The van der Waals surface area contributed by atoms with E-state index in [1.165, 1.54) is 4.88 Å². The summed E-state index contributed by atoms with van der Waals surface area (Å²) in [4.78, 5) is 15.4. The topological polar surface area (TPSA) is 58.4 Å². The van der Waals surface area contributed by atoms with Crippen LogP contribution in [0, 0.1) is 6.92 Å². The van der Waals surface area contributed by atoms with Gasteiger partial charge >= 0.3 is 0 Å². The lowest BCUT2D eigenvalue weighted by molar-refractivity contribution is -0.122. The van der Waals surface area contributed by atoms with E-state index in [2.05, 4.69) is 15.4 Å². The van der Waals surface area contributed by atoms with Crippen LogP contribution in [0.3, 0.4) is 0 Å². The Balaban J connectivity index is 1.54. The van der Waals surface area contributed by atoms with Crippen LogP contribution in [0.4, 0.5) is 0 Å². The highest BCUT2D eigenvalue weighted by Gasteiger charge is 2.30. The van der Waals surface area contributed by atoms with Gasteiger partial charge < -0.3 is 9.84 Å². The molecule has 21 heavy (non-hydrogen) atoms. The summed E-state index contributed by atoms with van der Waals surface area (Å²) in [7, 11) is 0. The Hall–Kier alpha value is -1.66. The molecule has 1 N–H and O–H groups in total. The summed E-state index contributed by atoms with van der Waals surface area (Å²) in [6.07, 6.45) is 2.11. The van der Waals surface area contributed by atoms with E-state index in [0.717, 1.165) is 30.8 Å². The van der Waals surface area contributed by atoms with Gasteiger partial charge in [0, 0.05) is 10.9 Å². The molecule has 1 aliphatic heterocycles. The summed E-state index contributed by atoms with van der Waals surface area (Å²) in [6.45, 7) is 3.86. The number of carbonyl (C=O) groups excluding carboxylic acids is 1. The van der Waals surface area contributed by atoms with Gasteiger partial charge in [-0.2, -0.15) is 0 Å². The van der Waals surface area contributed by atoms with Crippen LogP contribution in [0.2, 0.25) is 0 Å². The second-order valence-corrected chi connectivity index (χ2v) is 6.39. The zero-order chi connectivity index (χ0) is 14.7. The fourth-order valence-corrected chi connectivity index (χ4v) is 3.36. The maximum Gasteiger partial charge on any atom is 0.234 e. The van der Waals surface area contributed by atoms with Gasteiger partial charge in [-0.05, 0) is 37.8 Å². The van der Waals surface area contributed by atoms with E-state index >= 15 is 0 Å². The lowest BCUT2D eigenvalue weighted by Gasteiger charge is -2.21. The highest BCUT2D eigenvalue weighted by atomic mass is 32.1. The SMILES string of the molecule is Cc1cc([C@H]2CCCN2CC(=O)NCc2cccs2)on1. The molecular formula is C15H19N3O2S. The minimum absolute atomic E-state index is 0.0616. The quantitative estimate of drug-likeness (QED) is 0.922. The molecule has 2 aromatic heterocycles. The van der Waals surface area contributed by atoms with Crippen molar-refractivity contribution in [2.75, 3.05) is 13.1 Å². The summed E-state index contributed by atoms with van der Waals surface area (Å²) in [5.41, 5.74) is 0.888. The average Bonchev–Trinajstić information content (AvgIpc) is 3.17. The van der Waals surface area contributed by atoms with Gasteiger partial charge in [-0.15, -0.1) is 11.3 Å². The Morgan fingerprint density at radius 2 is 2.52 bits per heavy atom. The molecule has 3 rings (SSSR count). The van der Waals surface area contributed by atoms with Crippen LogP contribution >= 0.6 is 11.3 Å². The normalized spacial score (nSPS) is 19.0. The minimum Gasteiger partial charge on any atom is -0.359 e. The molecule has 0 radical (unpaired) electrons. The molecule has 0 saturated carbocycles. The maximum atomic E-state index is 12.1. The van der Waals surface area contributed by atoms with Gasteiger partial charge in [0.15, 0.2) is 5.76 Å². The maximum absolute atomic E-state index is 12.1. The second-order valence-electron chi connectivity index (χ2n) is 5.36. The van der Waals surface area contributed by atoms with Gasteiger partial charge in [0.25, 0.3) is 0 Å². The van der Waals surface area contributed by atoms with Gasteiger partial charge in [-0.3, -0.25) is 9.69 Å². The van der Waals surface area contributed by atoms with Gasteiger partial charge in [-0.1, -0.05) is 11.2 Å². The highest BCUT2D eigenvalue weighted by Crippen LogP contribution is 2.31. The third kappa shape index (κ3) is 3.51. The fourth-order valence-electron chi connectivity index (χ4n) is 2.72. The largest absolute Gasteiger partial charge is 0.359 e. The molecule has 5 nitrogen and oxygen atoms in total. The third-order valence-corrected chi connectivity index (χ3v) is 4.60. The molecule has 6 heteroatoms. The van der Waals surface area contributed by atoms with E-state index in [1.54, 1.807) is 11.3 Å². The zero-order valence-electron chi connectivity index (χ0n) is 12.0. The Morgan fingerprint density at radius 3 is 3.24 bits per heavy atom. The van der Waals surface area contributed by atoms with Crippen molar-refractivity contribution < 1.29 is 9.32 Å². The standard InChI is InChI=1S/C15H19N3O2S/c1-11-8-14(20-17-11)13-5-2-6-18(13)10-15(19)16-9-12-4-3-7-21-12/h3-4,7-8,13H,2,5-6,9-10H2,1H3,(H,16,19)/t13-/m1/s1. The first-order valence-corrected chi connectivity index (χ1v) is 8.06. The first-order chi connectivity index (χ1) is 10.2. The summed E-state index contributed by atoms with van der Waals surface area (Å²) < 4.78 is 5.36. The highest BCUT2D eigenvalue weighted by molar-refractivity contribution is 7.09. The molecule has 112 valence electrons. The number of hydrogen-bond acceptors (Lipinski definition) is 5. The number of nitrogens with one attached hydrogen (secondary N) is 1. The predicted molar refractivity (Wildman–Crippen MR) is 81.0 cm³/mol. The molecule has 1 fully saturated rings. The number of carbonyl (C=O) groups is 1. The van der Waals surface area contributed by atoms with Gasteiger partial charge in [0.1, 0.15) is 0 Å². The Morgan fingerprint density at radius 1 is 1.62 bits per heavy atom. The molecule has 0 aromatic carbocycles. The molecule has 2 aromatic rings. The van der Waals surface area contributed by atoms with Crippen LogP contribution in [0.15, 0.2) is 28.1 Å². The molecule has 0 bridgehead atoms. The number of amides is 1. The van der Waals surface area contributed by atoms with Gasteiger partial charge in [-0.25, -0.2) is 0 Å². The Labute approximate surface area is 127 Å². The number of likely N-dealkylation sites (tertiary alicyclic amines) is 1. The Bertz CT molecular complexity index is 594. The molecular weight excluding hydrogens is 286 g/mol. The van der Waals surface area contributed by atoms with E-state index in [4.69, 9.17) is 4.52 Å². The van der Waals surface area contributed by atoms with E-state index < -0.39 is 0 Å². The first kappa shape index (κ1) is 14.3. The predicted octanol–water partition coefficient (Wildman–Crippen LogP) is 2.50. The number of aromatic nitrogens is 1. The van der Waals surface area contributed by atoms with Crippen molar-refractivity contribution in [3.8, 4) is 0 Å². The van der Waals surface area contributed by atoms with Crippen molar-refractivity contribution in [2.24, 2.45) is 0 Å². The number of aryl methyl sites for hydroxylation is 1. The molecule has 0 aliphatic carbocycles. The number of thiophene rings is 1. The van der Waals surface area contributed by atoms with Crippen LogP contribution in [0.5, 0.6) is 0 Å². The van der Waals surface area contributed by atoms with Crippen molar-refractivity contribution in [2.45, 2.75) is 32.4 Å². The van der Waals surface area contributed by atoms with E-state index in [0.29, 0.717) is 13.1 Å². The molecule has 1 aliphatic rings. The molecule has 0 spiro atoms. The van der Waals surface area contributed by atoms with Gasteiger partial charge in [0.05, 0.1) is 24.8 Å². The van der Waals surface area contributed by atoms with Crippen molar-refractivity contribution in [1.29, 1.82) is 0 Å². The number of rotatable bonds is 5. The summed E-state index contributed by atoms with van der Waals surface area (Å²) in [5, 5.41) is 8.93. The summed E-state index contributed by atoms with van der Waals surface area (Å²) in [6, 6.07) is 6.17. The van der Waals surface area contributed by atoms with Crippen LogP contribution in [-0.4, -0.2) is 29.1 Å². The first-order valence-electron chi connectivity index (χ1n) is 7.19. The second kappa shape index (κ2) is 6.41. The van der Waals surface area contributed by atoms with Crippen LogP contribution < -0.4 is 5.32 Å². The van der Waals surface area contributed by atoms with E-state index in [1.807, 2.05) is 30.5 Å². The van der Waals surface area contributed by atoms with Crippen molar-refractivity contribution in [3.05, 3.63) is 39.9 Å². The lowest BCUT2D eigenvalue weighted by atomic mass is 10.1. The van der Waals surface area contributed by atoms with Crippen molar-refractivity contribution in [1.82, 2.24) is 15.4 Å². The molecule has 0 unspecified atom stereocenters. The third-order valence-electron chi connectivity index (χ3n) is 3.72. The van der Waals surface area contributed by atoms with Crippen LogP contribution in [0.25, 0.3) is 0 Å². The monoisotopic (exact) mass is 305 g/mol. The van der Waals surface area contributed by atoms with Crippen LogP contribution in [-0.2, 0) is 11.3 Å². The summed E-state index contributed by atoms with van der Waals surface area (Å²) in [5.74, 6) is 0.933. The molecule has 3 heterocycles. The fraction of sp³-hybridized carbons (Fsp3) is 0.467. The van der Waals surface area contributed by atoms with E-state index in [9.17, 15) is 4.79 Å². The molecule has 1 atom stereocenters. The number of nitrogens with zero attached hydrogens (tertiary/aromatic N) is 2. The van der Waals surface area contributed by atoms with Crippen molar-refractivity contribution in [3.63, 3.8) is 0 Å². The average molecular weight is 305 g/mol. The van der Waals surface area contributed by atoms with Crippen LogP contribution in [0.1, 0.15) is 35.2 Å². The van der Waals surface area contributed by atoms with Crippen molar-refractivity contribution >= 4 is 17.2 Å². The smallest absolute Gasteiger partial charge is 0.234 e. The van der Waals surface area contributed by atoms with E-state index in [-0.39, 0.29) is 11.9 Å². The van der Waals surface area contributed by atoms with Gasteiger partial charge in [0.2, 0.25) is 5.91 Å².